The molecule has 6 heteroatoms. The summed E-state index contributed by atoms with van der Waals surface area (Å²) in [5, 5.41) is 3.25. The molecule has 1 spiro atoms. The van der Waals surface area contributed by atoms with Crippen LogP contribution in [0.3, 0.4) is 0 Å². The van der Waals surface area contributed by atoms with Crippen molar-refractivity contribution in [1.29, 1.82) is 0 Å². The van der Waals surface area contributed by atoms with Gasteiger partial charge in [-0.05, 0) is 98.7 Å². The predicted octanol–water partition coefficient (Wildman–Crippen LogP) is 5.19. The Kier molecular flexibility index (Phi) is 7.37. The van der Waals surface area contributed by atoms with E-state index in [4.69, 9.17) is 0 Å². The number of fused-ring (bicyclic) bond motifs is 2. The molecule has 190 valence electrons. The Morgan fingerprint density at radius 3 is 2.56 bits per heavy atom. The molecule has 2 heterocycles. The number of hydrogen-bond acceptors (Lipinski definition) is 3. The van der Waals surface area contributed by atoms with E-state index < -0.39 is 0 Å². The van der Waals surface area contributed by atoms with Crippen molar-refractivity contribution >= 4 is 11.8 Å². The van der Waals surface area contributed by atoms with Crippen LogP contribution in [0, 0.1) is 11.2 Å². The second-order valence-corrected chi connectivity index (χ2v) is 11.9. The minimum absolute atomic E-state index is 0. The number of halogens is 1. The third-order valence-electron chi connectivity index (χ3n) is 8.36. The molecule has 1 aromatic rings. The SMILES string of the molecule is CCC(=O)N1CCCC1C(=O)N[C@H]1CCC2(CCN(CCC(C)(C)C)CC2)c2cc(F)ccc21.[HH]. The molecule has 0 aromatic heterocycles. The first-order chi connectivity index (χ1) is 16.1. The zero-order valence-electron chi connectivity index (χ0n) is 21.5. The van der Waals surface area contributed by atoms with Gasteiger partial charge in [-0.25, -0.2) is 4.39 Å². The maximum Gasteiger partial charge on any atom is 0.243 e. The molecule has 1 N–H and O–H groups in total. The molecule has 34 heavy (non-hydrogen) atoms. The molecular formula is C28H44FN3O2. The van der Waals surface area contributed by atoms with Crippen molar-refractivity contribution in [3.8, 4) is 0 Å². The first-order valence-electron chi connectivity index (χ1n) is 13.2. The fraction of sp³-hybridized carbons (Fsp3) is 0.714. The molecule has 1 unspecified atom stereocenters. The lowest BCUT2D eigenvalue weighted by molar-refractivity contribution is -0.138. The van der Waals surface area contributed by atoms with Crippen LogP contribution in [-0.4, -0.2) is 53.8 Å². The van der Waals surface area contributed by atoms with Gasteiger partial charge < -0.3 is 15.1 Å². The van der Waals surface area contributed by atoms with Crippen LogP contribution in [0.15, 0.2) is 18.2 Å². The Bertz CT molecular complexity index is 908. The Morgan fingerprint density at radius 1 is 1.15 bits per heavy atom. The van der Waals surface area contributed by atoms with E-state index in [0.717, 1.165) is 69.3 Å². The summed E-state index contributed by atoms with van der Waals surface area (Å²) >= 11 is 0. The van der Waals surface area contributed by atoms with Crippen LogP contribution >= 0.6 is 0 Å². The van der Waals surface area contributed by atoms with Crippen LogP contribution in [0.1, 0.15) is 97.7 Å². The lowest BCUT2D eigenvalue weighted by Crippen LogP contribution is -2.49. The lowest BCUT2D eigenvalue weighted by Gasteiger charge is -2.47. The van der Waals surface area contributed by atoms with E-state index in [2.05, 4.69) is 31.0 Å². The summed E-state index contributed by atoms with van der Waals surface area (Å²) in [4.78, 5) is 29.8. The van der Waals surface area contributed by atoms with Crippen LogP contribution in [0.5, 0.6) is 0 Å². The fourth-order valence-corrected chi connectivity index (χ4v) is 6.18. The highest BCUT2D eigenvalue weighted by molar-refractivity contribution is 5.88. The van der Waals surface area contributed by atoms with Gasteiger partial charge in [-0.1, -0.05) is 33.8 Å². The summed E-state index contributed by atoms with van der Waals surface area (Å²) in [6, 6.07) is 4.63. The number of rotatable bonds is 5. The van der Waals surface area contributed by atoms with E-state index in [1.165, 1.54) is 12.5 Å². The maximum absolute atomic E-state index is 14.4. The molecule has 5 nitrogen and oxygen atoms in total. The van der Waals surface area contributed by atoms with E-state index in [0.29, 0.717) is 18.4 Å². The minimum Gasteiger partial charge on any atom is -0.347 e. The number of hydrogen-bond donors (Lipinski definition) is 1. The zero-order chi connectivity index (χ0) is 24.5. The number of nitrogens with one attached hydrogen (secondary N) is 1. The van der Waals surface area contributed by atoms with Gasteiger partial charge in [0, 0.05) is 14.4 Å². The highest BCUT2D eigenvalue weighted by atomic mass is 19.1. The number of benzene rings is 1. The second-order valence-electron chi connectivity index (χ2n) is 11.9. The first-order valence-corrected chi connectivity index (χ1v) is 13.2. The van der Waals surface area contributed by atoms with Crippen molar-refractivity contribution in [2.45, 2.75) is 96.6 Å². The normalized spacial score (nSPS) is 24.8. The molecule has 0 radical (unpaired) electrons. The smallest absolute Gasteiger partial charge is 0.243 e. The van der Waals surface area contributed by atoms with E-state index in [9.17, 15) is 14.0 Å². The van der Waals surface area contributed by atoms with E-state index in [1.807, 2.05) is 13.0 Å². The molecule has 2 amide bonds. The van der Waals surface area contributed by atoms with Gasteiger partial charge in [0.05, 0.1) is 6.04 Å². The summed E-state index contributed by atoms with van der Waals surface area (Å²) in [5.41, 5.74) is 2.48. The second kappa shape index (κ2) is 9.96. The maximum atomic E-state index is 14.4. The molecule has 2 aliphatic heterocycles. The third-order valence-corrected chi connectivity index (χ3v) is 8.36. The molecule has 4 rings (SSSR count). The number of carbonyl (C=O) groups excluding carboxylic acids is 2. The van der Waals surface area contributed by atoms with Crippen LogP contribution < -0.4 is 5.32 Å². The number of piperidine rings is 1. The van der Waals surface area contributed by atoms with Crippen molar-refractivity contribution < 1.29 is 15.4 Å². The standard InChI is InChI=1S/C28H42FN3O2.H2/c1-5-25(33)32-15-6-7-24(32)26(34)30-23-10-11-28(22-19-20(29)8-9-21(22)23)13-17-31(18-14-28)16-12-27(2,3)4;/h8-9,19,23-24H,5-7,10-18H2,1-4H3,(H,30,34);1H/t23-,24?;/m0./s1. The van der Waals surface area contributed by atoms with Gasteiger partial charge >= 0.3 is 0 Å². The number of likely N-dealkylation sites (tertiary alicyclic amines) is 2. The summed E-state index contributed by atoms with van der Waals surface area (Å²) < 4.78 is 14.4. The molecule has 2 atom stereocenters. The largest absolute Gasteiger partial charge is 0.347 e. The number of amides is 2. The van der Waals surface area contributed by atoms with Gasteiger partial charge in [0.2, 0.25) is 11.8 Å². The van der Waals surface area contributed by atoms with Gasteiger partial charge in [0.15, 0.2) is 0 Å². The Hall–Kier alpha value is -1.95. The average molecular weight is 474 g/mol. The van der Waals surface area contributed by atoms with Crippen molar-refractivity contribution in [2.75, 3.05) is 26.2 Å². The average Bonchev–Trinajstić information content (AvgIpc) is 3.30. The number of nitrogens with zero attached hydrogens (tertiary/aromatic N) is 2. The van der Waals surface area contributed by atoms with E-state index >= 15 is 0 Å². The van der Waals surface area contributed by atoms with Crippen LogP contribution in [-0.2, 0) is 15.0 Å². The Balaban J connectivity index is 0.00000342. The highest BCUT2D eigenvalue weighted by Crippen LogP contribution is 2.48. The molecule has 0 bridgehead atoms. The van der Waals surface area contributed by atoms with Gasteiger partial charge in [-0.15, -0.1) is 0 Å². The molecule has 2 fully saturated rings. The van der Waals surface area contributed by atoms with Gasteiger partial charge in [-0.3, -0.25) is 9.59 Å². The minimum atomic E-state index is -0.377. The fourth-order valence-electron chi connectivity index (χ4n) is 6.18. The monoisotopic (exact) mass is 473 g/mol. The van der Waals surface area contributed by atoms with E-state index in [-0.39, 0.29) is 36.6 Å². The number of carbonyl (C=O) groups is 2. The van der Waals surface area contributed by atoms with E-state index in [1.54, 1.807) is 11.0 Å². The molecular weight excluding hydrogens is 429 g/mol. The molecule has 3 aliphatic rings. The lowest BCUT2D eigenvalue weighted by atomic mass is 9.63. The van der Waals surface area contributed by atoms with Gasteiger partial charge in [-0.2, -0.15) is 0 Å². The predicted molar refractivity (Wildman–Crippen MR) is 135 cm³/mol. The topological polar surface area (TPSA) is 52.7 Å². The first kappa shape index (κ1) is 25.2. The van der Waals surface area contributed by atoms with Gasteiger partial charge in [0.1, 0.15) is 11.9 Å². The quantitative estimate of drug-likeness (QED) is 0.640. The molecule has 0 saturated carbocycles. The zero-order valence-corrected chi connectivity index (χ0v) is 21.5. The summed E-state index contributed by atoms with van der Waals surface area (Å²) in [6.07, 6.45) is 7.08. The van der Waals surface area contributed by atoms with Gasteiger partial charge in [0.25, 0.3) is 0 Å². The molecule has 2 saturated heterocycles. The van der Waals surface area contributed by atoms with Crippen molar-refractivity contribution in [3.63, 3.8) is 0 Å². The molecule has 1 aromatic carbocycles. The van der Waals surface area contributed by atoms with Crippen LogP contribution in [0.4, 0.5) is 4.39 Å². The Morgan fingerprint density at radius 2 is 1.88 bits per heavy atom. The summed E-state index contributed by atoms with van der Waals surface area (Å²) in [5.74, 6) is -0.218. The Labute approximate surface area is 205 Å². The molecule has 1 aliphatic carbocycles. The van der Waals surface area contributed by atoms with Crippen molar-refractivity contribution in [3.05, 3.63) is 35.1 Å². The highest BCUT2D eigenvalue weighted by Gasteiger charge is 2.43. The third kappa shape index (κ3) is 5.32. The van der Waals surface area contributed by atoms with Crippen LogP contribution in [0.25, 0.3) is 0 Å². The summed E-state index contributed by atoms with van der Waals surface area (Å²) in [6.45, 7) is 12.6. The van der Waals surface area contributed by atoms with Crippen LogP contribution in [0.2, 0.25) is 0 Å². The van der Waals surface area contributed by atoms with Crippen molar-refractivity contribution in [1.82, 2.24) is 15.1 Å². The van der Waals surface area contributed by atoms with Crippen molar-refractivity contribution in [2.24, 2.45) is 5.41 Å². The summed E-state index contributed by atoms with van der Waals surface area (Å²) in [7, 11) is 0.